The highest BCUT2D eigenvalue weighted by Crippen LogP contribution is 2.25. The molecule has 3 nitrogen and oxygen atoms in total. The topological polar surface area (TPSA) is 46.3 Å². The van der Waals surface area contributed by atoms with Gasteiger partial charge in [0, 0.05) is 18.7 Å². The van der Waals surface area contributed by atoms with E-state index < -0.39 is 11.6 Å². The molecule has 1 fully saturated rings. The normalized spacial score (nSPS) is 14.9. The van der Waals surface area contributed by atoms with Crippen molar-refractivity contribution in [1.82, 2.24) is 4.90 Å². The van der Waals surface area contributed by atoms with Crippen LogP contribution in [0.25, 0.3) is 0 Å². The maximum Gasteiger partial charge on any atom is 0.227 e. The smallest absolute Gasteiger partial charge is 0.227 e. The predicted octanol–water partition coefficient (Wildman–Crippen LogP) is 2.24. The third-order valence-electron chi connectivity index (χ3n) is 3.80. The molecule has 1 aromatic rings. The molecule has 0 atom stereocenters. The number of carbonyl (C=O) groups is 1. The van der Waals surface area contributed by atoms with E-state index in [1.165, 1.54) is 12.1 Å². The van der Waals surface area contributed by atoms with Gasteiger partial charge in [-0.15, -0.1) is 0 Å². The fourth-order valence-electron chi connectivity index (χ4n) is 2.40. The van der Waals surface area contributed by atoms with Gasteiger partial charge in [-0.3, -0.25) is 4.79 Å². The standard InChI is InChI=1S/C15H20F2N2O/c16-12-6-5-11(14(17)10-12)9-15(20)19(8-2-7-18)13-3-1-4-13/h5-6,10,13H,1-4,7-9,18H2. The molecule has 1 aliphatic rings. The van der Waals surface area contributed by atoms with E-state index in [2.05, 4.69) is 0 Å². The summed E-state index contributed by atoms with van der Waals surface area (Å²) in [5.74, 6) is -1.39. The maximum absolute atomic E-state index is 13.6. The molecule has 0 radical (unpaired) electrons. The van der Waals surface area contributed by atoms with E-state index in [0.717, 1.165) is 31.7 Å². The number of carbonyl (C=O) groups excluding carboxylic acids is 1. The quantitative estimate of drug-likeness (QED) is 0.869. The molecule has 0 bridgehead atoms. The van der Waals surface area contributed by atoms with Crippen molar-refractivity contribution < 1.29 is 13.6 Å². The summed E-state index contributed by atoms with van der Waals surface area (Å²) < 4.78 is 26.4. The van der Waals surface area contributed by atoms with Crippen LogP contribution >= 0.6 is 0 Å². The number of rotatable bonds is 6. The number of nitrogens with zero attached hydrogens (tertiary/aromatic N) is 1. The minimum atomic E-state index is -0.661. The van der Waals surface area contributed by atoms with Crippen LogP contribution in [0.15, 0.2) is 18.2 Å². The van der Waals surface area contributed by atoms with Crippen LogP contribution in [0.3, 0.4) is 0 Å². The number of benzene rings is 1. The number of hydrogen-bond donors (Lipinski definition) is 1. The Balaban J connectivity index is 2.03. The van der Waals surface area contributed by atoms with Crippen LogP contribution in [0, 0.1) is 11.6 Å². The summed E-state index contributed by atoms with van der Waals surface area (Å²) in [6.45, 7) is 1.14. The van der Waals surface area contributed by atoms with Gasteiger partial charge in [0.15, 0.2) is 0 Å². The summed E-state index contributed by atoms with van der Waals surface area (Å²) in [4.78, 5) is 14.1. The molecule has 110 valence electrons. The Morgan fingerprint density at radius 3 is 2.65 bits per heavy atom. The molecule has 0 unspecified atom stereocenters. The molecule has 0 aliphatic heterocycles. The second-order valence-corrected chi connectivity index (χ2v) is 5.23. The fraction of sp³-hybridized carbons (Fsp3) is 0.533. The van der Waals surface area contributed by atoms with Gasteiger partial charge >= 0.3 is 0 Å². The summed E-state index contributed by atoms with van der Waals surface area (Å²) in [6, 6.07) is 3.59. The van der Waals surface area contributed by atoms with E-state index in [-0.39, 0.29) is 23.9 Å². The van der Waals surface area contributed by atoms with Crippen molar-refractivity contribution in [3.05, 3.63) is 35.4 Å². The molecule has 0 saturated heterocycles. The van der Waals surface area contributed by atoms with E-state index in [4.69, 9.17) is 5.73 Å². The Hall–Kier alpha value is -1.49. The van der Waals surface area contributed by atoms with Gasteiger partial charge in [0.2, 0.25) is 5.91 Å². The number of hydrogen-bond acceptors (Lipinski definition) is 2. The zero-order chi connectivity index (χ0) is 14.5. The third kappa shape index (κ3) is 3.54. The Labute approximate surface area is 117 Å². The average Bonchev–Trinajstić information content (AvgIpc) is 2.35. The predicted molar refractivity (Wildman–Crippen MR) is 73.1 cm³/mol. The number of amides is 1. The van der Waals surface area contributed by atoms with Gasteiger partial charge in [-0.05, 0) is 43.9 Å². The van der Waals surface area contributed by atoms with Gasteiger partial charge in [0.1, 0.15) is 11.6 Å². The van der Waals surface area contributed by atoms with Crippen molar-refractivity contribution in [3.8, 4) is 0 Å². The summed E-state index contributed by atoms with van der Waals surface area (Å²) in [5.41, 5.74) is 5.73. The van der Waals surface area contributed by atoms with Crippen molar-refractivity contribution >= 4 is 5.91 Å². The molecular weight excluding hydrogens is 262 g/mol. The summed E-state index contributed by atoms with van der Waals surface area (Å²) in [7, 11) is 0. The van der Waals surface area contributed by atoms with Crippen molar-refractivity contribution in [1.29, 1.82) is 0 Å². The van der Waals surface area contributed by atoms with Crippen LogP contribution in [0.5, 0.6) is 0 Å². The van der Waals surface area contributed by atoms with Gasteiger partial charge in [-0.25, -0.2) is 8.78 Å². The second kappa shape index (κ2) is 6.79. The Kier molecular flexibility index (Phi) is 5.06. The van der Waals surface area contributed by atoms with Crippen molar-refractivity contribution in [2.24, 2.45) is 5.73 Å². The zero-order valence-electron chi connectivity index (χ0n) is 11.4. The minimum absolute atomic E-state index is 0.0207. The Morgan fingerprint density at radius 1 is 1.35 bits per heavy atom. The first-order valence-electron chi connectivity index (χ1n) is 7.05. The molecule has 0 heterocycles. The minimum Gasteiger partial charge on any atom is -0.339 e. The van der Waals surface area contributed by atoms with Crippen molar-refractivity contribution in [2.45, 2.75) is 38.1 Å². The second-order valence-electron chi connectivity index (χ2n) is 5.23. The molecule has 1 aromatic carbocycles. The third-order valence-corrected chi connectivity index (χ3v) is 3.80. The summed E-state index contributed by atoms with van der Waals surface area (Å²) in [6.07, 6.45) is 3.85. The molecular formula is C15H20F2N2O. The lowest BCUT2D eigenvalue weighted by molar-refractivity contribution is -0.134. The zero-order valence-corrected chi connectivity index (χ0v) is 11.4. The van der Waals surface area contributed by atoms with Crippen molar-refractivity contribution in [2.75, 3.05) is 13.1 Å². The van der Waals surface area contributed by atoms with E-state index >= 15 is 0 Å². The van der Waals surface area contributed by atoms with Gasteiger partial charge in [-0.2, -0.15) is 0 Å². The highest BCUT2D eigenvalue weighted by molar-refractivity contribution is 5.79. The van der Waals surface area contributed by atoms with Crippen molar-refractivity contribution in [3.63, 3.8) is 0 Å². The monoisotopic (exact) mass is 282 g/mol. The van der Waals surface area contributed by atoms with E-state index in [1.807, 2.05) is 0 Å². The van der Waals surface area contributed by atoms with E-state index in [0.29, 0.717) is 13.1 Å². The molecule has 2 rings (SSSR count). The average molecular weight is 282 g/mol. The van der Waals surface area contributed by atoms with Gasteiger partial charge in [-0.1, -0.05) is 6.07 Å². The lowest BCUT2D eigenvalue weighted by Crippen LogP contribution is -2.45. The first-order valence-corrected chi connectivity index (χ1v) is 7.05. The highest BCUT2D eigenvalue weighted by atomic mass is 19.1. The molecule has 0 spiro atoms. The van der Waals surface area contributed by atoms with Crippen LogP contribution in [0.1, 0.15) is 31.2 Å². The Morgan fingerprint density at radius 2 is 2.10 bits per heavy atom. The summed E-state index contributed by atoms with van der Waals surface area (Å²) >= 11 is 0. The molecule has 1 amide bonds. The first kappa shape index (κ1) is 14.9. The molecule has 0 aromatic heterocycles. The highest BCUT2D eigenvalue weighted by Gasteiger charge is 2.28. The van der Waals surface area contributed by atoms with Gasteiger partial charge < -0.3 is 10.6 Å². The van der Waals surface area contributed by atoms with Crippen LogP contribution in [0.2, 0.25) is 0 Å². The lowest BCUT2D eigenvalue weighted by atomic mass is 9.91. The maximum atomic E-state index is 13.6. The molecule has 1 saturated carbocycles. The van der Waals surface area contributed by atoms with Gasteiger partial charge in [0.05, 0.1) is 6.42 Å². The number of halogens is 2. The fourth-order valence-corrected chi connectivity index (χ4v) is 2.40. The molecule has 2 N–H and O–H groups in total. The van der Waals surface area contributed by atoms with E-state index in [1.54, 1.807) is 4.90 Å². The van der Waals surface area contributed by atoms with Gasteiger partial charge in [0.25, 0.3) is 0 Å². The lowest BCUT2D eigenvalue weighted by Gasteiger charge is -2.37. The number of nitrogens with two attached hydrogens (primary N) is 1. The molecule has 1 aliphatic carbocycles. The largest absolute Gasteiger partial charge is 0.339 e. The molecule has 20 heavy (non-hydrogen) atoms. The first-order chi connectivity index (χ1) is 9.61. The van der Waals surface area contributed by atoms with Crippen LogP contribution in [-0.2, 0) is 11.2 Å². The SMILES string of the molecule is NCCCN(C(=O)Cc1ccc(F)cc1F)C1CCC1. The van der Waals surface area contributed by atoms with Crippen LogP contribution in [-0.4, -0.2) is 29.9 Å². The molecule has 5 heteroatoms. The van der Waals surface area contributed by atoms with E-state index in [9.17, 15) is 13.6 Å². The van der Waals surface area contributed by atoms with Crippen LogP contribution in [0.4, 0.5) is 8.78 Å². The Bertz CT molecular complexity index is 475. The summed E-state index contributed by atoms with van der Waals surface area (Å²) in [5, 5.41) is 0. The van der Waals surface area contributed by atoms with Crippen LogP contribution < -0.4 is 5.73 Å².